The Labute approximate surface area is 103 Å². The molecule has 0 aromatic heterocycles. The number of hydrogen-bond acceptors (Lipinski definition) is 3. The highest BCUT2D eigenvalue weighted by atomic mass is 16.6. The van der Waals surface area contributed by atoms with Gasteiger partial charge < -0.3 is 10.1 Å². The van der Waals surface area contributed by atoms with Crippen LogP contribution in [0.1, 0.15) is 53.9 Å². The van der Waals surface area contributed by atoms with Crippen LogP contribution < -0.4 is 5.32 Å². The summed E-state index contributed by atoms with van der Waals surface area (Å²) in [6.07, 6.45) is 1.40. The number of alkyl carbamates (subject to hydrolysis) is 1. The van der Waals surface area contributed by atoms with Crippen molar-refractivity contribution in [3.8, 4) is 0 Å². The first kappa shape index (κ1) is 14.0. The average molecular weight is 241 g/mol. The van der Waals surface area contributed by atoms with E-state index in [2.05, 4.69) is 5.32 Å². The Balaban J connectivity index is 2.51. The van der Waals surface area contributed by atoms with Crippen LogP contribution in [0.3, 0.4) is 0 Å². The summed E-state index contributed by atoms with van der Waals surface area (Å²) < 4.78 is 5.18. The third-order valence-corrected chi connectivity index (χ3v) is 2.67. The molecule has 1 aliphatic rings. The smallest absolute Gasteiger partial charge is 0.407 e. The SMILES string of the molecule is CC1(C)CC(=O)C[C@@H](NC(=O)OC(C)(C)C)C1. The average Bonchev–Trinajstić information content (AvgIpc) is 1.93. The molecule has 0 saturated heterocycles. The number of amides is 1. The molecule has 17 heavy (non-hydrogen) atoms. The summed E-state index contributed by atoms with van der Waals surface area (Å²) in [5.41, 5.74) is -0.534. The minimum Gasteiger partial charge on any atom is -0.444 e. The van der Waals surface area contributed by atoms with Crippen molar-refractivity contribution in [3.05, 3.63) is 0 Å². The topological polar surface area (TPSA) is 55.4 Å². The monoisotopic (exact) mass is 241 g/mol. The molecule has 0 bridgehead atoms. The number of carbonyl (C=O) groups excluding carboxylic acids is 2. The first-order valence-electron chi connectivity index (χ1n) is 6.09. The molecular weight excluding hydrogens is 218 g/mol. The molecule has 0 spiro atoms. The van der Waals surface area contributed by atoms with E-state index in [0.717, 1.165) is 6.42 Å². The first-order chi connectivity index (χ1) is 7.57. The van der Waals surface area contributed by atoms with Gasteiger partial charge in [0.1, 0.15) is 11.4 Å². The van der Waals surface area contributed by atoms with Crippen LogP contribution in [0, 0.1) is 5.41 Å². The molecule has 0 aliphatic heterocycles. The minimum atomic E-state index is -0.502. The Morgan fingerprint density at radius 3 is 2.47 bits per heavy atom. The Kier molecular flexibility index (Phi) is 3.84. The molecule has 1 atom stereocenters. The fraction of sp³-hybridized carbons (Fsp3) is 0.846. The van der Waals surface area contributed by atoms with Crippen LogP contribution in [0.2, 0.25) is 0 Å². The van der Waals surface area contributed by atoms with E-state index in [0.29, 0.717) is 12.8 Å². The molecule has 0 radical (unpaired) electrons. The van der Waals surface area contributed by atoms with Crippen molar-refractivity contribution in [3.63, 3.8) is 0 Å². The molecule has 1 aliphatic carbocycles. The second-order valence-corrected chi connectivity index (χ2v) is 6.63. The molecule has 0 heterocycles. The maximum Gasteiger partial charge on any atom is 0.407 e. The molecular formula is C13H23NO3. The van der Waals surface area contributed by atoms with Crippen molar-refractivity contribution in [2.24, 2.45) is 5.41 Å². The molecule has 4 nitrogen and oxygen atoms in total. The summed E-state index contributed by atoms with van der Waals surface area (Å²) in [5, 5.41) is 2.78. The predicted molar refractivity (Wildman–Crippen MR) is 65.8 cm³/mol. The van der Waals surface area contributed by atoms with Crippen molar-refractivity contribution in [1.82, 2.24) is 5.32 Å². The fourth-order valence-electron chi connectivity index (χ4n) is 2.27. The predicted octanol–water partition coefficient (Wildman–Crippen LogP) is 2.66. The number of rotatable bonds is 1. The summed E-state index contributed by atoms with van der Waals surface area (Å²) in [4.78, 5) is 23.2. The maximum absolute atomic E-state index is 11.6. The summed E-state index contributed by atoms with van der Waals surface area (Å²) in [5.74, 6) is 0.210. The molecule has 1 amide bonds. The van der Waals surface area contributed by atoms with Crippen LogP contribution in [0.4, 0.5) is 4.79 Å². The summed E-state index contributed by atoms with van der Waals surface area (Å²) in [6, 6.07) is -0.0962. The fourth-order valence-corrected chi connectivity index (χ4v) is 2.27. The summed E-state index contributed by atoms with van der Waals surface area (Å²) >= 11 is 0. The number of nitrogens with one attached hydrogen (secondary N) is 1. The highest BCUT2D eigenvalue weighted by Gasteiger charge is 2.34. The van der Waals surface area contributed by atoms with Gasteiger partial charge in [-0.2, -0.15) is 0 Å². The van der Waals surface area contributed by atoms with Crippen LogP contribution in [-0.4, -0.2) is 23.5 Å². The van der Waals surface area contributed by atoms with Crippen LogP contribution in [0.25, 0.3) is 0 Å². The summed E-state index contributed by atoms with van der Waals surface area (Å²) in [7, 11) is 0. The number of ketones is 1. The van der Waals surface area contributed by atoms with Crippen LogP contribution in [0.5, 0.6) is 0 Å². The van der Waals surface area contributed by atoms with E-state index >= 15 is 0 Å². The lowest BCUT2D eigenvalue weighted by Gasteiger charge is -2.34. The summed E-state index contributed by atoms with van der Waals surface area (Å²) in [6.45, 7) is 9.56. The van der Waals surface area contributed by atoms with E-state index in [1.54, 1.807) is 0 Å². The molecule has 1 fully saturated rings. The van der Waals surface area contributed by atoms with Crippen LogP contribution >= 0.6 is 0 Å². The van der Waals surface area contributed by atoms with Gasteiger partial charge in [0.25, 0.3) is 0 Å². The van der Waals surface area contributed by atoms with E-state index in [-0.39, 0.29) is 17.2 Å². The van der Waals surface area contributed by atoms with Crippen molar-refractivity contribution >= 4 is 11.9 Å². The lowest BCUT2D eigenvalue weighted by molar-refractivity contribution is -0.123. The lowest BCUT2D eigenvalue weighted by Crippen LogP contribution is -2.45. The van der Waals surface area contributed by atoms with E-state index in [9.17, 15) is 9.59 Å². The number of carbonyl (C=O) groups is 2. The van der Waals surface area contributed by atoms with Crippen molar-refractivity contribution in [2.75, 3.05) is 0 Å². The molecule has 4 heteroatoms. The highest BCUT2D eigenvalue weighted by molar-refractivity contribution is 5.81. The first-order valence-corrected chi connectivity index (χ1v) is 6.09. The van der Waals surface area contributed by atoms with Gasteiger partial charge in [0.2, 0.25) is 0 Å². The zero-order chi connectivity index (χ0) is 13.3. The van der Waals surface area contributed by atoms with Crippen molar-refractivity contribution in [1.29, 1.82) is 0 Å². The normalized spacial score (nSPS) is 24.3. The van der Waals surface area contributed by atoms with Crippen LogP contribution in [0.15, 0.2) is 0 Å². The third-order valence-electron chi connectivity index (χ3n) is 2.67. The Hall–Kier alpha value is -1.06. The van der Waals surface area contributed by atoms with Crippen molar-refractivity contribution < 1.29 is 14.3 Å². The molecule has 0 aromatic rings. The Morgan fingerprint density at radius 1 is 1.41 bits per heavy atom. The Morgan fingerprint density at radius 2 is 2.00 bits per heavy atom. The van der Waals surface area contributed by atoms with Gasteiger partial charge in [-0.25, -0.2) is 4.79 Å². The standard InChI is InChI=1S/C13H23NO3/c1-12(2,3)17-11(16)14-9-6-10(15)8-13(4,5)7-9/h9H,6-8H2,1-5H3,(H,14,16)/t9-/m1/s1. The van der Waals surface area contributed by atoms with Crippen molar-refractivity contribution in [2.45, 2.75) is 65.5 Å². The molecule has 1 N–H and O–H groups in total. The maximum atomic E-state index is 11.6. The third kappa shape index (κ3) is 5.20. The molecule has 1 saturated carbocycles. The quantitative estimate of drug-likeness (QED) is 0.768. The van der Waals surface area contributed by atoms with Gasteiger partial charge in [-0.15, -0.1) is 0 Å². The highest BCUT2D eigenvalue weighted by Crippen LogP contribution is 2.33. The second-order valence-electron chi connectivity index (χ2n) is 6.63. The van der Waals surface area contributed by atoms with E-state index in [1.165, 1.54) is 0 Å². The van der Waals surface area contributed by atoms with E-state index in [4.69, 9.17) is 4.74 Å². The van der Waals surface area contributed by atoms with Gasteiger partial charge in [-0.05, 0) is 32.6 Å². The van der Waals surface area contributed by atoms with Gasteiger partial charge in [-0.3, -0.25) is 4.79 Å². The molecule has 1 rings (SSSR count). The largest absolute Gasteiger partial charge is 0.444 e. The molecule has 0 unspecified atom stereocenters. The number of hydrogen-bond donors (Lipinski definition) is 1. The molecule has 98 valence electrons. The number of Topliss-reactive ketones (excluding diaryl/α,β-unsaturated/α-hetero) is 1. The number of ether oxygens (including phenoxy) is 1. The zero-order valence-corrected chi connectivity index (χ0v) is 11.4. The van der Waals surface area contributed by atoms with Gasteiger partial charge in [0.15, 0.2) is 0 Å². The van der Waals surface area contributed by atoms with Gasteiger partial charge in [0, 0.05) is 18.9 Å². The zero-order valence-electron chi connectivity index (χ0n) is 11.4. The Bertz CT molecular complexity index is 315. The lowest BCUT2D eigenvalue weighted by atomic mass is 9.74. The minimum absolute atomic E-state index is 0.0327. The molecule has 0 aromatic carbocycles. The second kappa shape index (κ2) is 4.67. The van der Waals surface area contributed by atoms with Crippen LogP contribution in [-0.2, 0) is 9.53 Å². The van der Waals surface area contributed by atoms with Gasteiger partial charge in [-0.1, -0.05) is 13.8 Å². The van der Waals surface area contributed by atoms with Gasteiger partial charge >= 0.3 is 6.09 Å². The van der Waals surface area contributed by atoms with E-state index in [1.807, 2.05) is 34.6 Å². The van der Waals surface area contributed by atoms with Gasteiger partial charge in [0.05, 0.1) is 0 Å². The van der Waals surface area contributed by atoms with E-state index < -0.39 is 11.7 Å².